The van der Waals surface area contributed by atoms with Gasteiger partial charge in [-0.2, -0.15) is 0 Å². The summed E-state index contributed by atoms with van der Waals surface area (Å²) in [5.74, 6) is 0.778. The molecular formula is C16H26BrNO3. The molecule has 0 bridgehead atoms. The molecule has 2 unspecified atom stereocenters. The van der Waals surface area contributed by atoms with Crippen molar-refractivity contribution >= 4 is 15.9 Å². The zero-order chi connectivity index (χ0) is 15.7. The first kappa shape index (κ1) is 18.4. The highest BCUT2D eigenvalue weighted by Gasteiger charge is 2.07. The number of methoxy groups -OCH3 is 1. The molecular weight excluding hydrogens is 334 g/mol. The number of ether oxygens (including phenoxy) is 2. The third kappa shape index (κ3) is 8.41. The lowest BCUT2D eigenvalue weighted by atomic mass is 10.1. The molecule has 1 aromatic rings. The number of benzene rings is 1. The van der Waals surface area contributed by atoms with E-state index >= 15 is 0 Å². The first-order chi connectivity index (χ1) is 10.0. The smallest absolute Gasteiger partial charge is 0.119 e. The minimum absolute atomic E-state index is 0.295. The molecule has 0 aromatic heterocycles. The highest BCUT2D eigenvalue weighted by atomic mass is 79.9. The van der Waals surface area contributed by atoms with Gasteiger partial charge in [-0.1, -0.05) is 41.9 Å². The van der Waals surface area contributed by atoms with E-state index in [1.165, 1.54) is 5.56 Å². The molecule has 0 heterocycles. The molecule has 5 heteroatoms. The Morgan fingerprint density at radius 2 is 1.86 bits per heavy atom. The van der Waals surface area contributed by atoms with Crippen LogP contribution >= 0.6 is 15.9 Å². The maximum absolute atomic E-state index is 9.78. The Balaban J connectivity index is 2.33. The van der Waals surface area contributed by atoms with Crippen LogP contribution in [0.25, 0.3) is 0 Å². The van der Waals surface area contributed by atoms with Crippen LogP contribution in [0.5, 0.6) is 5.75 Å². The molecule has 0 radical (unpaired) electrons. The van der Waals surface area contributed by atoms with Crippen LogP contribution < -0.4 is 10.1 Å². The van der Waals surface area contributed by atoms with Gasteiger partial charge in [0.1, 0.15) is 18.5 Å². The third-order valence-electron chi connectivity index (χ3n) is 2.93. The SMILES string of the molecule is COCC(Br)Cc1ccc(OCC(O)CNC(C)C)cc1. The number of alkyl halides is 1. The molecule has 0 aliphatic rings. The largest absolute Gasteiger partial charge is 0.491 e. The van der Waals surface area contributed by atoms with Crippen molar-refractivity contribution in [3.63, 3.8) is 0 Å². The molecule has 0 amide bonds. The zero-order valence-corrected chi connectivity index (χ0v) is 14.6. The van der Waals surface area contributed by atoms with Gasteiger partial charge in [0.25, 0.3) is 0 Å². The monoisotopic (exact) mass is 359 g/mol. The van der Waals surface area contributed by atoms with Crippen molar-refractivity contribution in [1.82, 2.24) is 5.32 Å². The summed E-state index contributed by atoms with van der Waals surface area (Å²) in [6.07, 6.45) is 0.412. The highest BCUT2D eigenvalue weighted by Crippen LogP contribution is 2.16. The number of halogens is 1. The lowest BCUT2D eigenvalue weighted by Crippen LogP contribution is -2.35. The van der Waals surface area contributed by atoms with Crippen LogP contribution in [0.4, 0.5) is 0 Å². The van der Waals surface area contributed by atoms with Crippen LogP contribution in [0.1, 0.15) is 19.4 Å². The Morgan fingerprint density at radius 3 is 2.43 bits per heavy atom. The van der Waals surface area contributed by atoms with E-state index in [2.05, 4.69) is 21.2 Å². The van der Waals surface area contributed by atoms with Crippen molar-refractivity contribution in [3.8, 4) is 5.75 Å². The van der Waals surface area contributed by atoms with E-state index in [1.807, 2.05) is 38.1 Å². The number of nitrogens with one attached hydrogen (secondary N) is 1. The molecule has 0 spiro atoms. The second-order valence-electron chi connectivity index (χ2n) is 5.43. The fourth-order valence-electron chi connectivity index (χ4n) is 1.84. The van der Waals surface area contributed by atoms with Crippen LogP contribution in [0, 0.1) is 0 Å². The van der Waals surface area contributed by atoms with Crippen molar-refractivity contribution in [3.05, 3.63) is 29.8 Å². The van der Waals surface area contributed by atoms with E-state index in [0.29, 0.717) is 30.6 Å². The number of rotatable bonds is 10. The van der Waals surface area contributed by atoms with E-state index in [1.54, 1.807) is 7.11 Å². The number of hydrogen-bond donors (Lipinski definition) is 2. The Hall–Kier alpha value is -0.620. The van der Waals surface area contributed by atoms with Crippen molar-refractivity contribution in [2.24, 2.45) is 0 Å². The maximum atomic E-state index is 9.78. The van der Waals surface area contributed by atoms with Crippen molar-refractivity contribution in [1.29, 1.82) is 0 Å². The minimum Gasteiger partial charge on any atom is -0.491 e. The number of aliphatic hydroxyl groups excluding tert-OH is 1. The summed E-state index contributed by atoms with van der Waals surface area (Å²) < 4.78 is 10.7. The predicted molar refractivity (Wildman–Crippen MR) is 89.4 cm³/mol. The van der Waals surface area contributed by atoms with Crippen LogP contribution in [0.15, 0.2) is 24.3 Å². The molecule has 21 heavy (non-hydrogen) atoms. The van der Waals surface area contributed by atoms with Gasteiger partial charge < -0.3 is 19.9 Å². The van der Waals surface area contributed by atoms with E-state index in [0.717, 1.165) is 12.2 Å². The van der Waals surface area contributed by atoms with Crippen LogP contribution in [0.2, 0.25) is 0 Å². The molecule has 0 saturated carbocycles. The summed E-state index contributed by atoms with van der Waals surface area (Å²) in [5.41, 5.74) is 1.23. The van der Waals surface area contributed by atoms with Crippen LogP contribution in [-0.2, 0) is 11.2 Å². The van der Waals surface area contributed by atoms with Crippen molar-refractivity contribution in [2.45, 2.75) is 37.2 Å². The average molecular weight is 360 g/mol. The fraction of sp³-hybridized carbons (Fsp3) is 0.625. The summed E-state index contributed by atoms with van der Waals surface area (Å²) in [4.78, 5) is 0.318. The van der Waals surface area contributed by atoms with Crippen molar-refractivity contribution < 1.29 is 14.6 Å². The molecule has 2 atom stereocenters. The van der Waals surface area contributed by atoms with Gasteiger partial charge in [0, 0.05) is 24.5 Å². The molecule has 0 saturated heterocycles. The topological polar surface area (TPSA) is 50.7 Å². The number of hydrogen-bond acceptors (Lipinski definition) is 4. The van der Waals surface area contributed by atoms with E-state index < -0.39 is 6.10 Å². The Morgan fingerprint density at radius 1 is 1.19 bits per heavy atom. The normalized spacial score (nSPS) is 14.2. The molecule has 1 rings (SSSR count). The lowest BCUT2D eigenvalue weighted by molar-refractivity contribution is 0.104. The van der Waals surface area contributed by atoms with E-state index in [-0.39, 0.29) is 0 Å². The summed E-state index contributed by atoms with van der Waals surface area (Å²) in [5, 5.41) is 13.0. The highest BCUT2D eigenvalue weighted by molar-refractivity contribution is 9.09. The van der Waals surface area contributed by atoms with Gasteiger partial charge in [-0.15, -0.1) is 0 Å². The van der Waals surface area contributed by atoms with Gasteiger partial charge in [0.15, 0.2) is 0 Å². The second-order valence-corrected chi connectivity index (χ2v) is 6.72. The Labute approximate surface area is 136 Å². The molecule has 120 valence electrons. The summed E-state index contributed by atoms with van der Waals surface area (Å²) >= 11 is 3.58. The van der Waals surface area contributed by atoms with Gasteiger partial charge in [-0.3, -0.25) is 0 Å². The quantitative estimate of drug-likeness (QED) is 0.629. The van der Waals surface area contributed by atoms with Gasteiger partial charge >= 0.3 is 0 Å². The van der Waals surface area contributed by atoms with Crippen molar-refractivity contribution in [2.75, 3.05) is 26.9 Å². The molecule has 2 N–H and O–H groups in total. The first-order valence-electron chi connectivity index (χ1n) is 7.27. The van der Waals surface area contributed by atoms with E-state index in [9.17, 15) is 5.11 Å². The second kappa shape index (κ2) is 10.2. The van der Waals surface area contributed by atoms with Gasteiger partial charge in [-0.05, 0) is 24.1 Å². The minimum atomic E-state index is -0.499. The lowest BCUT2D eigenvalue weighted by Gasteiger charge is -2.15. The maximum Gasteiger partial charge on any atom is 0.119 e. The molecule has 0 fully saturated rings. The Bertz CT molecular complexity index is 384. The zero-order valence-electron chi connectivity index (χ0n) is 13.0. The standard InChI is InChI=1S/C16H26BrNO3/c1-12(2)18-9-15(19)11-21-16-6-4-13(5-7-16)8-14(17)10-20-3/h4-7,12,14-15,18-19H,8-11H2,1-3H3. The summed E-state index contributed by atoms with van der Waals surface area (Å²) in [6, 6.07) is 8.31. The average Bonchev–Trinajstić information content (AvgIpc) is 2.44. The third-order valence-corrected chi connectivity index (χ3v) is 3.52. The van der Waals surface area contributed by atoms with Crippen LogP contribution in [0.3, 0.4) is 0 Å². The van der Waals surface area contributed by atoms with Gasteiger partial charge in [0.05, 0.1) is 6.61 Å². The van der Waals surface area contributed by atoms with Gasteiger partial charge in [0.2, 0.25) is 0 Å². The fourth-order valence-corrected chi connectivity index (χ4v) is 2.48. The number of aliphatic hydroxyl groups is 1. The van der Waals surface area contributed by atoms with Crippen LogP contribution in [-0.4, -0.2) is 48.9 Å². The molecule has 4 nitrogen and oxygen atoms in total. The van der Waals surface area contributed by atoms with E-state index in [4.69, 9.17) is 9.47 Å². The molecule has 0 aliphatic carbocycles. The van der Waals surface area contributed by atoms with Gasteiger partial charge in [-0.25, -0.2) is 0 Å². The molecule has 0 aliphatic heterocycles. The predicted octanol–water partition coefficient (Wildman–Crippen LogP) is 2.38. The summed E-state index contributed by atoms with van der Waals surface area (Å²) in [7, 11) is 1.70. The molecule has 1 aromatic carbocycles. The first-order valence-corrected chi connectivity index (χ1v) is 8.19. The Kier molecular flexibility index (Phi) is 8.92. The summed E-state index contributed by atoms with van der Waals surface area (Å²) in [6.45, 7) is 5.62.